The molecular formula is C27H36O. The highest BCUT2D eigenvalue weighted by molar-refractivity contribution is 5.57. The molecule has 1 aliphatic rings. The summed E-state index contributed by atoms with van der Waals surface area (Å²) in [5, 5.41) is 10.8. The van der Waals surface area contributed by atoms with Crippen molar-refractivity contribution in [3.63, 3.8) is 0 Å². The first-order valence-electron chi connectivity index (χ1n) is 11.0. The average Bonchev–Trinajstić information content (AvgIpc) is 2.69. The zero-order valence-electron chi connectivity index (χ0n) is 18.1. The van der Waals surface area contributed by atoms with Gasteiger partial charge in [-0.2, -0.15) is 0 Å². The molecule has 28 heavy (non-hydrogen) atoms. The summed E-state index contributed by atoms with van der Waals surface area (Å²) < 4.78 is 0. The summed E-state index contributed by atoms with van der Waals surface area (Å²) >= 11 is 0. The van der Waals surface area contributed by atoms with Crippen LogP contribution in [0.2, 0.25) is 0 Å². The lowest BCUT2D eigenvalue weighted by Gasteiger charge is -2.34. The Morgan fingerprint density at radius 3 is 2.21 bits per heavy atom. The van der Waals surface area contributed by atoms with Crippen LogP contribution in [0.15, 0.2) is 48.5 Å². The molecule has 2 aromatic carbocycles. The third kappa shape index (κ3) is 4.25. The molecule has 1 aliphatic carbocycles. The van der Waals surface area contributed by atoms with Crippen molar-refractivity contribution < 1.29 is 5.11 Å². The van der Waals surface area contributed by atoms with E-state index in [1.165, 1.54) is 34.2 Å². The molecule has 3 rings (SSSR count). The number of benzene rings is 2. The van der Waals surface area contributed by atoms with Crippen molar-refractivity contribution in [2.75, 3.05) is 0 Å². The minimum absolute atomic E-state index is 0.0561. The van der Waals surface area contributed by atoms with Gasteiger partial charge in [-0.3, -0.25) is 0 Å². The molecule has 1 N–H and O–H groups in total. The monoisotopic (exact) mass is 376 g/mol. The van der Waals surface area contributed by atoms with Gasteiger partial charge in [0.1, 0.15) is 0 Å². The van der Waals surface area contributed by atoms with Crippen LogP contribution in [-0.2, 0) is 5.41 Å². The summed E-state index contributed by atoms with van der Waals surface area (Å²) in [6.45, 7) is 8.97. The van der Waals surface area contributed by atoms with E-state index in [0.29, 0.717) is 0 Å². The predicted octanol–water partition coefficient (Wildman–Crippen LogP) is 7.12. The normalized spacial score (nSPS) is 17.2. The van der Waals surface area contributed by atoms with Crippen LogP contribution in [0.4, 0.5) is 0 Å². The molecule has 2 aromatic rings. The van der Waals surface area contributed by atoms with E-state index in [0.717, 1.165) is 38.5 Å². The van der Waals surface area contributed by atoms with Gasteiger partial charge >= 0.3 is 0 Å². The second-order valence-corrected chi connectivity index (χ2v) is 8.73. The van der Waals surface area contributed by atoms with Crippen molar-refractivity contribution in [2.24, 2.45) is 0 Å². The Balaban J connectivity index is 1.93. The molecule has 0 heterocycles. The quantitative estimate of drug-likeness (QED) is 0.569. The Labute approximate surface area is 171 Å². The van der Waals surface area contributed by atoms with Crippen LogP contribution in [0.3, 0.4) is 0 Å². The summed E-state index contributed by atoms with van der Waals surface area (Å²) in [5.74, 6) is 0. The summed E-state index contributed by atoms with van der Waals surface area (Å²) in [4.78, 5) is 0. The molecule has 0 radical (unpaired) electrons. The zero-order chi connectivity index (χ0) is 20.2. The molecule has 150 valence electrons. The molecule has 1 nitrogen and oxygen atoms in total. The van der Waals surface area contributed by atoms with Crippen molar-refractivity contribution in [3.05, 3.63) is 76.4 Å². The number of rotatable bonds is 6. The number of hydrogen-bond acceptors (Lipinski definition) is 1. The van der Waals surface area contributed by atoms with E-state index in [-0.39, 0.29) is 5.41 Å². The maximum atomic E-state index is 10.8. The molecule has 0 saturated heterocycles. The molecule has 1 fully saturated rings. The Hall–Kier alpha value is -1.86. The second-order valence-electron chi connectivity index (χ2n) is 8.73. The van der Waals surface area contributed by atoms with Gasteiger partial charge in [0.2, 0.25) is 0 Å². The van der Waals surface area contributed by atoms with Crippen molar-refractivity contribution in [2.45, 2.75) is 83.7 Å². The Morgan fingerprint density at radius 1 is 0.929 bits per heavy atom. The van der Waals surface area contributed by atoms with Crippen LogP contribution in [0.1, 0.15) is 86.6 Å². The van der Waals surface area contributed by atoms with Crippen LogP contribution in [0.5, 0.6) is 0 Å². The van der Waals surface area contributed by atoms with E-state index in [4.69, 9.17) is 0 Å². The molecular weight excluding hydrogens is 340 g/mol. The molecule has 0 unspecified atom stereocenters. The summed E-state index contributed by atoms with van der Waals surface area (Å²) in [6, 6.07) is 15.9. The zero-order valence-corrected chi connectivity index (χ0v) is 18.1. The summed E-state index contributed by atoms with van der Waals surface area (Å²) in [6.07, 6.45) is 11.6. The minimum Gasteiger partial charge on any atom is -0.386 e. The smallest absolute Gasteiger partial charge is 0.0830 e. The molecule has 0 atom stereocenters. The maximum absolute atomic E-state index is 10.8. The number of aryl methyl sites for hydroxylation is 2. The Morgan fingerprint density at radius 2 is 1.61 bits per heavy atom. The van der Waals surface area contributed by atoms with Gasteiger partial charge in [0.05, 0.1) is 5.60 Å². The average molecular weight is 377 g/mol. The van der Waals surface area contributed by atoms with Crippen molar-refractivity contribution in [1.82, 2.24) is 0 Å². The lowest BCUT2D eigenvalue weighted by molar-refractivity contribution is 0.0521. The lowest BCUT2D eigenvalue weighted by atomic mass is 9.70. The fourth-order valence-corrected chi connectivity index (χ4v) is 4.91. The van der Waals surface area contributed by atoms with E-state index in [1.54, 1.807) is 0 Å². The second kappa shape index (κ2) is 8.66. The van der Waals surface area contributed by atoms with E-state index in [2.05, 4.69) is 76.2 Å². The van der Waals surface area contributed by atoms with Gasteiger partial charge in [0, 0.05) is 5.41 Å². The van der Waals surface area contributed by atoms with Crippen molar-refractivity contribution >= 4 is 6.08 Å². The van der Waals surface area contributed by atoms with E-state index in [9.17, 15) is 5.11 Å². The van der Waals surface area contributed by atoms with Crippen LogP contribution < -0.4 is 0 Å². The van der Waals surface area contributed by atoms with E-state index < -0.39 is 5.60 Å². The number of hydrogen-bond donors (Lipinski definition) is 1. The third-order valence-electron chi connectivity index (χ3n) is 6.89. The largest absolute Gasteiger partial charge is 0.386 e. The molecule has 1 heteroatoms. The molecule has 0 spiro atoms. The fourth-order valence-electron chi connectivity index (χ4n) is 4.91. The van der Waals surface area contributed by atoms with Gasteiger partial charge in [-0.25, -0.2) is 0 Å². The first kappa shape index (κ1) is 20.9. The van der Waals surface area contributed by atoms with Gasteiger partial charge < -0.3 is 5.11 Å². The molecule has 1 saturated carbocycles. The van der Waals surface area contributed by atoms with Crippen LogP contribution in [0.25, 0.3) is 6.08 Å². The Bertz CT molecular complexity index is 820. The van der Waals surface area contributed by atoms with Gasteiger partial charge in [-0.05, 0) is 61.8 Å². The highest BCUT2D eigenvalue weighted by Gasteiger charge is 2.31. The molecule has 0 aliphatic heterocycles. The van der Waals surface area contributed by atoms with Crippen LogP contribution >= 0.6 is 0 Å². The van der Waals surface area contributed by atoms with Gasteiger partial charge in [-0.15, -0.1) is 0 Å². The topological polar surface area (TPSA) is 20.2 Å². The lowest BCUT2D eigenvalue weighted by Crippen LogP contribution is -2.28. The van der Waals surface area contributed by atoms with Gasteiger partial charge in [0.25, 0.3) is 0 Å². The highest BCUT2D eigenvalue weighted by atomic mass is 16.3. The predicted molar refractivity (Wildman–Crippen MR) is 121 cm³/mol. The van der Waals surface area contributed by atoms with E-state index >= 15 is 0 Å². The van der Waals surface area contributed by atoms with Crippen molar-refractivity contribution in [1.29, 1.82) is 0 Å². The van der Waals surface area contributed by atoms with Gasteiger partial charge in [0.15, 0.2) is 0 Å². The standard InChI is InChI=1S/C27H36O/c1-5-27(6-2,24-12-10-11-21(3)19-24)25-14-13-23(22(4)20-25)15-18-26(28)16-8-7-9-17-26/h10-15,18-20,28H,5-9,16-17H2,1-4H3. The SMILES string of the molecule is CCC(CC)(c1cccc(C)c1)c1ccc(C=CC2(O)CCCCC2)c(C)c1. The van der Waals surface area contributed by atoms with Crippen LogP contribution in [-0.4, -0.2) is 10.7 Å². The molecule has 0 amide bonds. The molecule has 0 aromatic heterocycles. The summed E-state index contributed by atoms with van der Waals surface area (Å²) in [7, 11) is 0. The fraction of sp³-hybridized carbons (Fsp3) is 0.481. The first-order valence-corrected chi connectivity index (χ1v) is 11.0. The number of aliphatic hydroxyl groups is 1. The summed E-state index contributed by atoms with van der Waals surface area (Å²) in [5.41, 5.74) is 6.08. The third-order valence-corrected chi connectivity index (χ3v) is 6.89. The maximum Gasteiger partial charge on any atom is 0.0830 e. The molecule has 0 bridgehead atoms. The van der Waals surface area contributed by atoms with Crippen LogP contribution in [0, 0.1) is 13.8 Å². The minimum atomic E-state index is -0.610. The first-order chi connectivity index (χ1) is 13.4. The van der Waals surface area contributed by atoms with E-state index in [1.807, 2.05) is 6.08 Å². The highest BCUT2D eigenvalue weighted by Crippen LogP contribution is 2.40. The Kier molecular flexibility index (Phi) is 6.45. The van der Waals surface area contributed by atoms with Gasteiger partial charge in [-0.1, -0.05) is 93.3 Å². The van der Waals surface area contributed by atoms with Crippen molar-refractivity contribution in [3.8, 4) is 0 Å².